The lowest BCUT2D eigenvalue weighted by Crippen LogP contribution is -2.10. The van der Waals surface area contributed by atoms with E-state index in [1.165, 1.54) is 46.6 Å². The topological polar surface area (TPSA) is 72.5 Å². The van der Waals surface area contributed by atoms with Crippen LogP contribution in [0.1, 0.15) is 30.5 Å². The van der Waals surface area contributed by atoms with Crippen LogP contribution in [0.2, 0.25) is 0 Å². The van der Waals surface area contributed by atoms with Gasteiger partial charge in [-0.2, -0.15) is 0 Å². The number of halogens is 1. The Labute approximate surface area is 199 Å². The zero-order chi connectivity index (χ0) is 25.1. The number of allylic oxidation sites excluding steroid dienone is 3. The molecule has 0 bridgehead atoms. The van der Waals surface area contributed by atoms with E-state index in [1.807, 2.05) is 19.9 Å². The summed E-state index contributed by atoms with van der Waals surface area (Å²) in [5, 5.41) is 0. The van der Waals surface area contributed by atoms with Crippen molar-refractivity contribution in [2.24, 2.45) is 0 Å². The summed E-state index contributed by atoms with van der Waals surface area (Å²) < 4.78 is 47.9. The summed E-state index contributed by atoms with van der Waals surface area (Å²) in [7, 11) is 5.92. The maximum atomic E-state index is 15.1. The normalized spacial score (nSPS) is 11.1. The maximum absolute atomic E-state index is 15.1. The lowest BCUT2D eigenvalue weighted by molar-refractivity contribution is -0.104. The van der Waals surface area contributed by atoms with Crippen molar-refractivity contribution in [2.45, 2.75) is 20.3 Å². The van der Waals surface area contributed by atoms with E-state index < -0.39 is 5.82 Å². The molecule has 0 aromatic heterocycles. The van der Waals surface area contributed by atoms with Crippen molar-refractivity contribution in [3.05, 3.63) is 64.5 Å². The summed E-state index contributed by atoms with van der Waals surface area (Å²) in [6, 6.07) is 6.06. The van der Waals surface area contributed by atoms with Crippen LogP contribution in [0.25, 0.3) is 5.57 Å². The van der Waals surface area contributed by atoms with Crippen molar-refractivity contribution in [3.8, 4) is 23.0 Å². The van der Waals surface area contributed by atoms with Gasteiger partial charge in [-0.25, -0.2) is 4.39 Å². The van der Waals surface area contributed by atoms with Gasteiger partial charge in [0.2, 0.25) is 0 Å². The third-order valence-electron chi connectivity index (χ3n) is 4.87. The van der Waals surface area contributed by atoms with Gasteiger partial charge in [0.1, 0.15) is 35.1 Å². The van der Waals surface area contributed by atoms with E-state index >= 15 is 4.39 Å². The van der Waals surface area contributed by atoms with E-state index in [4.69, 9.17) is 28.4 Å². The summed E-state index contributed by atoms with van der Waals surface area (Å²) in [5.41, 5.74) is 2.58. The number of rotatable bonds is 13. The van der Waals surface area contributed by atoms with Crippen molar-refractivity contribution in [1.29, 1.82) is 0 Å². The monoisotopic (exact) mass is 474 g/mol. The average molecular weight is 475 g/mol. The minimum Gasteiger partial charge on any atom is -0.497 e. The van der Waals surface area contributed by atoms with Gasteiger partial charge in [-0.3, -0.25) is 4.79 Å². The van der Waals surface area contributed by atoms with Gasteiger partial charge in [-0.1, -0.05) is 11.6 Å². The Hall–Kier alpha value is -3.36. The lowest BCUT2D eigenvalue weighted by atomic mass is 9.92. The highest BCUT2D eigenvalue weighted by molar-refractivity contribution is 5.94. The number of benzene rings is 2. The zero-order valence-corrected chi connectivity index (χ0v) is 20.4. The number of methoxy groups -OCH3 is 4. The van der Waals surface area contributed by atoms with E-state index in [9.17, 15) is 4.79 Å². The average Bonchev–Trinajstić information content (AvgIpc) is 2.83. The van der Waals surface area contributed by atoms with E-state index in [2.05, 4.69) is 0 Å². The number of aldehydes is 1. The van der Waals surface area contributed by atoms with Crippen LogP contribution < -0.4 is 18.9 Å². The second-order valence-electron chi connectivity index (χ2n) is 7.41. The van der Waals surface area contributed by atoms with Crippen LogP contribution >= 0.6 is 0 Å². The Morgan fingerprint density at radius 2 is 1.65 bits per heavy atom. The highest BCUT2D eigenvalue weighted by atomic mass is 19.1. The van der Waals surface area contributed by atoms with Crippen molar-refractivity contribution >= 4 is 11.9 Å². The highest BCUT2D eigenvalue weighted by Gasteiger charge is 2.26. The van der Waals surface area contributed by atoms with Crippen LogP contribution in [0.5, 0.6) is 23.0 Å². The molecule has 0 aliphatic heterocycles. The van der Waals surface area contributed by atoms with E-state index in [-0.39, 0.29) is 24.7 Å². The Balaban J connectivity index is 2.90. The van der Waals surface area contributed by atoms with Crippen LogP contribution in [0.15, 0.2) is 42.0 Å². The highest BCUT2D eigenvalue weighted by Crippen LogP contribution is 2.46. The maximum Gasteiger partial charge on any atom is 0.188 e. The largest absolute Gasteiger partial charge is 0.497 e. The van der Waals surface area contributed by atoms with Gasteiger partial charge in [0, 0.05) is 43.1 Å². The van der Waals surface area contributed by atoms with E-state index in [1.54, 1.807) is 12.1 Å². The third-order valence-corrected chi connectivity index (χ3v) is 4.87. The van der Waals surface area contributed by atoms with Gasteiger partial charge in [0.25, 0.3) is 0 Å². The molecule has 2 rings (SSSR count). The van der Waals surface area contributed by atoms with Gasteiger partial charge < -0.3 is 28.4 Å². The minimum atomic E-state index is -0.572. The van der Waals surface area contributed by atoms with Gasteiger partial charge in [0.15, 0.2) is 13.6 Å². The molecule has 0 saturated heterocycles. The molecule has 0 spiro atoms. The quantitative estimate of drug-likeness (QED) is 0.176. The van der Waals surface area contributed by atoms with E-state index in [0.29, 0.717) is 46.8 Å². The first-order valence-corrected chi connectivity index (χ1v) is 10.5. The van der Waals surface area contributed by atoms with E-state index in [0.717, 1.165) is 5.57 Å². The Morgan fingerprint density at radius 1 is 0.941 bits per heavy atom. The summed E-state index contributed by atoms with van der Waals surface area (Å²) >= 11 is 0. The smallest absolute Gasteiger partial charge is 0.188 e. The molecule has 0 radical (unpaired) electrons. The number of carbonyl (C=O) groups is 1. The zero-order valence-electron chi connectivity index (χ0n) is 20.4. The standard InChI is InChI=1S/C26H31FO7/c1-17(2)7-9-21-23(33-15-29-3)14-24(32-6)25(26(21)34-16-30-4)20(11-12-28)19-10-8-18(31-5)13-22(19)27/h7-8,10-14H,9,15-16H2,1-6H3/b20-11+. The second-order valence-corrected chi connectivity index (χ2v) is 7.41. The molecule has 0 unspecified atom stereocenters. The van der Waals surface area contributed by atoms with Crippen LogP contribution in [0.3, 0.4) is 0 Å². The molecule has 0 amide bonds. The minimum absolute atomic E-state index is 0.00180. The Bertz CT molecular complexity index is 1040. The molecule has 0 atom stereocenters. The van der Waals surface area contributed by atoms with Crippen LogP contribution in [-0.2, 0) is 20.7 Å². The van der Waals surface area contributed by atoms with Gasteiger partial charge >= 0.3 is 0 Å². The molecule has 0 N–H and O–H groups in total. The fourth-order valence-electron chi connectivity index (χ4n) is 3.31. The summed E-state index contributed by atoms with van der Waals surface area (Å²) in [4.78, 5) is 11.6. The molecule has 8 heteroatoms. The van der Waals surface area contributed by atoms with Crippen LogP contribution in [0.4, 0.5) is 4.39 Å². The SMILES string of the molecule is COCOc1cc(OC)c(/C(=C/C=O)c2ccc(OC)cc2F)c(OCOC)c1CC=C(C)C. The molecule has 7 nitrogen and oxygen atoms in total. The first-order valence-electron chi connectivity index (χ1n) is 10.5. The van der Waals surface area contributed by atoms with Gasteiger partial charge in [-0.15, -0.1) is 0 Å². The summed E-state index contributed by atoms with van der Waals surface area (Å²) in [6.45, 7) is 3.85. The van der Waals surface area contributed by atoms with Gasteiger partial charge in [-0.05, 0) is 38.5 Å². The molecule has 0 fully saturated rings. The third kappa shape index (κ3) is 6.59. The number of hydrogen-bond acceptors (Lipinski definition) is 7. The molecule has 0 aliphatic rings. The first-order chi connectivity index (χ1) is 16.4. The Kier molecular flexibility index (Phi) is 10.6. The second kappa shape index (κ2) is 13.4. The lowest BCUT2D eigenvalue weighted by Gasteiger charge is -2.23. The number of hydrogen-bond donors (Lipinski definition) is 0. The fourth-order valence-corrected chi connectivity index (χ4v) is 3.31. The molecule has 0 saturated carbocycles. The van der Waals surface area contributed by atoms with Crippen LogP contribution in [0, 0.1) is 5.82 Å². The van der Waals surface area contributed by atoms with Crippen molar-refractivity contribution in [1.82, 2.24) is 0 Å². The molecule has 184 valence electrons. The predicted octanol–water partition coefficient (Wildman–Crippen LogP) is 4.95. The number of carbonyl (C=O) groups excluding carboxylic acids is 1. The van der Waals surface area contributed by atoms with Crippen LogP contribution in [-0.4, -0.2) is 48.3 Å². The Morgan fingerprint density at radius 3 is 2.21 bits per heavy atom. The molecular weight excluding hydrogens is 443 g/mol. The summed E-state index contributed by atoms with van der Waals surface area (Å²) in [5.74, 6) is 0.904. The number of ether oxygens (including phenoxy) is 6. The fraction of sp³-hybridized carbons (Fsp3) is 0.346. The van der Waals surface area contributed by atoms with Crippen molar-refractivity contribution in [2.75, 3.05) is 42.0 Å². The first kappa shape index (κ1) is 26.9. The predicted molar refractivity (Wildman–Crippen MR) is 127 cm³/mol. The molecule has 0 aliphatic carbocycles. The molecular formula is C26H31FO7. The molecule has 2 aromatic carbocycles. The van der Waals surface area contributed by atoms with Crippen molar-refractivity contribution in [3.63, 3.8) is 0 Å². The molecule has 2 aromatic rings. The summed E-state index contributed by atoms with van der Waals surface area (Å²) in [6.07, 6.45) is 4.30. The van der Waals surface area contributed by atoms with Gasteiger partial charge in [0.05, 0.1) is 19.8 Å². The molecule has 34 heavy (non-hydrogen) atoms. The van der Waals surface area contributed by atoms with Crippen molar-refractivity contribution < 1.29 is 37.6 Å². The molecule has 0 heterocycles.